The number of nitrogens with one attached hydrogen (secondary N) is 1. The van der Waals surface area contributed by atoms with E-state index in [1.807, 2.05) is 6.07 Å². The molecule has 0 spiro atoms. The lowest BCUT2D eigenvalue weighted by Crippen LogP contribution is -2.37. The Labute approximate surface area is 109 Å². The van der Waals surface area contributed by atoms with Crippen LogP contribution < -0.4 is 5.32 Å². The fourth-order valence-electron chi connectivity index (χ4n) is 2.45. The van der Waals surface area contributed by atoms with Crippen molar-refractivity contribution in [3.63, 3.8) is 0 Å². The Morgan fingerprint density at radius 1 is 1.41 bits per heavy atom. The summed E-state index contributed by atoms with van der Waals surface area (Å²) in [7, 11) is 0. The number of rotatable bonds is 2. The van der Waals surface area contributed by atoms with Gasteiger partial charge in [-0.25, -0.2) is 0 Å². The van der Waals surface area contributed by atoms with Crippen LogP contribution in [0.4, 0.5) is 0 Å². The minimum atomic E-state index is 0.585. The van der Waals surface area contributed by atoms with Crippen LogP contribution in [0.2, 0.25) is 0 Å². The number of nitrogens with zero attached hydrogens (tertiary/aromatic N) is 2. The summed E-state index contributed by atoms with van der Waals surface area (Å²) in [5.41, 5.74) is 1.07. The first-order valence-corrected chi connectivity index (χ1v) is 6.97. The zero-order valence-corrected chi connectivity index (χ0v) is 11.3. The molecule has 3 rings (SSSR count). The highest BCUT2D eigenvalue weighted by Crippen LogP contribution is 2.19. The van der Waals surface area contributed by atoms with Crippen LogP contribution in [0.3, 0.4) is 0 Å². The Bertz CT molecular complexity index is 514. The summed E-state index contributed by atoms with van der Waals surface area (Å²) in [6.07, 6.45) is 6.05. The van der Waals surface area contributed by atoms with Crippen LogP contribution in [0.15, 0.2) is 28.9 Å². The first-order chi connectivity index (χ1) is 8.31. The van der Waals surface area contributed by atoms with Gasteiger partial charge in [0.25, 0.3) is 0 Å². The predicted molar refractivity (Wildman–Crippen MR) is 73.1 cm³/mol. The summed E-state index contributed by atoms with van der Waals surface area (Å²) < 4.78 is 3.18. The van der Waals surface area contributed by atoms with E-state index in [1.54, 1.807) is 0 Å². The zero-order chi connectivity index (χ0) is 11.7. The molecule has 17 heavy (non-hydrogen) atoms. The Kier molecular flexibility index (Phi) is 3.16. The van der Waals surface area contributed by atoms with Crippen molar-refractivity contribution in [2.75, 3.05) is 6.54 Å². The molecular weight excluding hydrogens is 278 g/mol. The molecule has 0 radical (unpaired) electrons. The normalized spacial score (nSPS) is 20.9. The van der Waals surface area contributed by atoms with Crippen LogP contribution in [0.5, 0.6) is 0 Å². The van der Waals surface area contributed by atoms with E-state index in [4.69, 9.17) is 0 Å². The number of hydrogen-bond acceptors (Lipinski definition) is 2. The molecule has 1 unspecified atom stereocenters. The van der Waals surface area contributed by atoms with Gasteiger partial charge in [-0.05, 0) is 37.6 Å². The third kappa shape index (κ3) is 2.53. The second kappa shape index (κ2) is 4.78. The fraction of sp³-hybridized carbons (Fsp3) is 0.462. The molecule has 3 nitrogen and oxygen atoms in total. The molecule has 1 fully saturated rings. The lowest BCUT2D eigenvalue weighted by atomic mass is 10.1. The van der Waals surface area contributed by atoms with Gasteiger partial charge in [0.2, 0.25) is 0 Å². The third-order valence-corrected chi connectivity index (χ3v) is 3.83. The number of halogens is 1. The van der Waals surface area contributed by atoms with E-state index < -0.39 is 0 Å². The molecule has 2 aromatic rings. The van der Waals surface area contributed by atoms with Crippen molar-refractivity contribution in [1.29, 1.82) is 0 Å². The van der Waals surface area contributed by atoms with E-state index in [9.17, 15) is 0 Å². The number of benzene rings is 1. The summed E-state index contributed by atoms with van der Waals surface area (Å²) in [5, 5.41) is 9.36. The maximum absolute atomic E-state index is 4.60. The summed E-state index contributed by atoms with van der Waals surface area (Å²) in [5.74, 6) is 0. The fourth-order valence-corrected chi connectivity index (χ4v) is 2.83. The molecule has 4 heteroatoms. The molecule has 1 aliphatic heterocycles. The maximum atomic E-state index is 4.60. The van der Waals surface area contributed by atoms with Gasteiger partial charge in [0.1, 0.15) is 0 Å². The highest BCUT2D eigenvalue weighted by Gasteiger charge is 2.13. The number of aromatic nitrogens is 2. The largest absolute Gasteiger partial charge is 0.312 e. The molecule has 1 atom stereocenters. The van der Waals surface area contributed by atoms with Crippen LogP contribution in [-0.2, 0) is 6.54 Å². The van der Waals surface area contributed by atoms with Crippen LogP contribution in [0.1, 0.15) is 19.3 Å². The Hall–Kier alpha value is -0.870. The number of fused-ring (bicyclic) bond motifs is 1. The van der Waals surface area contributed by atoms with Crippen molar-refractivity contribution >= 4 is 26.8 Å². The van der Waals surface area contributed by atoms with Crippen LogP contribution in [-0.4, -0.2) is 22.4 Å². The molecule has 0 saturated carbocycles. The van der Waals surface area contributed by atoms with E-state index in [2.05, 4.69) is 49.4 Å². The van der Waals surface area contributed by atoms with Crippen molar-refractivity contribution in [3.05, 3.63) is 28.9 Å². The first kappa shape index (κ1) is 11.2. The van der Waals surface area contributed by atoms with Crippen LogP contribution in [0.25, 0.3) is 10.9 Å². The molecule has 0 aliphatic carbocycles. The average molecular weight is 294 g/mol. The standard InChI is InChI=1S/C13H16BrN3/c14-11-4-5-13-10(7-11)8-17(16-13)9-12-3-1-2-6-15-12/h4-5,7-8,12,15H,1-3,6,9H2. The van der Waals surface area contributed by atoms with E-state index in [0.717, 1.165) is 23.1 Å². The van der Waals surface area contributed by atoms with Gasteiger partial charge in [0, 0.05) is 22.1 Å². The van der Waals surface area contributed by atoms with Crippen molar-refractivity contribution in [3.8, 4) is 0 Å². The minimum Gasteiger partial charge on any atom is -0.312 e. The molecule has 1 saturated heterocycles. The molecule has 1 aromatic heterocycles. The Morgan fingerprint density at radius 3 is 3.18 bits per heavy atom. The molecule has 1 aliphatic rings. The van der Waals surface area contributed by atoms with Crippen molar-refractivity contribution in [1.82, 2.24) is 15.1 Å². The second-order valence-corrected chi connectivity index (χ2v) is 5.62. The van der Waals surface area contributed by atoms with E-state index >= 15 is 0 Å². The van der Waals surface area contributed by atoms with Gasteiger partial charge < -0.3 is 5.32 Å². The molecule has 0 bridgehead atoms. The number of hydrogen-bond donors (Lipinski definition) is 1. The van der Waals surface area contributed by atoms with Crippen molar-refractivity contribution in [2.24, 2.45) is 0 Å². The van der Waals surface area contributed by atoms with Gasteiger partial charge >= 0.3 is 0 Å². The molecule has 90 valence electrons. The second-order valence-electron chi connectivity index (χ2n) is 4.70. The SMILES string of the molecule is Brc1ccc2nn(CC3CCCCN3)cc2c1. The zero-order valence-electron chi connectivity index (χ0n) is 9.69. The van der Waals surface area contributed by atoms with Gasteiger partial charge in [-0.15, -0.1) is 0 Å². The van der Waals surface area contributed by atoms with Gasteiger partial charge in [-0.1, -0.05) is 22.4 Å². The molecule has 1 N–H and O–H groups in total. The summed E-state index contributed by atoms with van der Waals surface area (Å²) in [6, 6.07) is 6.80. The lowest BCUT2D eigenvalue weighted by Gasteiger charge is -2.23. The van der Waals surface area contributed by atoms with Crippen LogP contribution in [0, 0.1) is 0 Å². The number of piperidine rings is 1. The van der Waals surface area contributed by atoms with E-state index in [0.29, 0.717) is 6.04 Å². The molecule has 2 heterocycles. The molecule has 1 aromatic carbocycles. The first-order valence-electron chi connectivity index (χ1n) is 6.17. The smallest absolute Gasteiger partial charge is 0.0924 e. The van der Waals surface area contributed by atoms with Gasteiger partial charge in [0.05, 0.1) is 12.1 Å². The van der Waals surface area contributed by atoms with Crippen molar-refractivity contribution in [2.45, 2.75) is 31.8 Å². The molecule has 0 amide bonds. The van der Waals surface area contributed by atoms with Crippen molar-refractivity contribution < 1.29 is 0 Å². The van der Waals surface area contributed by atoms with E-state index in [1.165, 1.54) is 24.6 Å². The summed E-state index contributed by atoms with van der Waals surface area (Å²) >= 11 is 3.49. The average Bonchev–Trinajstić information content (AvgIpc) is 2.71. The summed E-state index contributed by atoms with van der Waals surface area (Å²) in [4.78, 5) is 0. The minimum absolute atomic E-state index is 0.585. The Morgan fingerprint density at radius 2 is 2.35 bits per heavy atom. The quantitative estimate of drug-likeness (QED) is 0.923. The van der Waals surface area contributed by atoms with Crippen LogP contribution >= 0.6 is 15.9 Å². The Balaban J connectivity index is 1.80. The summed E-state index contributed by atoms with van der Waals surface area (Å²) in [6.45, 7) is 2.13. The lowest BCUT2D eigenvalue weighted by molar-refractivity contribution is 0.352. The van der Waals surface area contributed by atoms with Gasteiger partial charge in [-0.3, -0.25) is 4.68 Å². The third-order valence-electron chi connectivity index (χ3n) is 3.33. The van der Waals surface area contributed by atoms with Gasteiger partial charge in [-0.2, -0.15) is 5.10 Å². The monoisotopic (exact) mass is 293 g/mol. The topological polar surface area (TPSA) is 29.9 Å². The highest BCUT2D eigenvalue weighted by molar-refractivity contribution is 9.10. The van der Waals surface area contributed by atoms with Gasteiger partial charge in [0.15, 0.2) is 0 Å². The predicted octanol–water partition coefficient (Wildman–Crippen LogP) is 2.94. The molecular formula is C13H16BrN3. The van der Waals surface area contributed by atoms with E-state index in [-0.39, 0.29) is 0 Å². The maximum Gasteiger partial charge on any atom is 0.0924 e. The highest BCUT2D eigenvalue weighted by atomic mass is 79.9.